The lowest BCUT2D eigenvalue weighted by Crippen LogP contribution is -2.30. The number of benzene rings is 2. The molecule has 0 aromatic heterocycles. The highest BCUT2D eigenvalue weighted by atomic mass is 16.2. The second kappa shape index (κ2) is 10.2. The van der Waals surface area contributed by atoms with Crippen LogP contribution in [0.2, 0.25) is 0 Å². The lowest BCUT2D eigenvalue weighted by atomic mass is 9.86. The molecular formula is C25H32N2O2. The zero-order valence-electron chi connectivity index (χ0n) is 17.6. The molecule has 0 bridgehead atoms. The van der Waals surface area contributed by atoms with Crippen molar-refractivity contribution in [3.63, 3.8) is 0 Å². The number of hydrogen-bond donors (Lipinski definition) is 1. The van der Waals surface area contributed by atoms with Crippen LogP contribution in [-0.4, -0.2) is 23.8 Å². The highest BCUT2D eigenvalue weighted by Gasteiger charge is 2.20. The van der Waals surface area contributed by atoms with Gasteiger partial charge in [0.25, 0.3) is 5.91 Å². The van der Waals surface area contributed by atoms with Gasteiger partial charge >= 0.3 is 0 Å². The lowest BCUT2D eigenvalue weighted by molar-refractivity contribution is -0.132. The zero-order valence-corrected chi connectivity index (χ0v) is 17.6. The minimum atomic E-state index is -0.132. The number of anilines is 1. The van der Waals surface area contributed by atoms with Gasteiger partial charge in [0.05, 0.1) is 6.04 Å². The molecule has 0 saturated heterocycles. The fourth-order valence-electron chi connectivity index (χ4n) is 4.09. The number of hydrogen-bond acceptors (Lipinski definition) is 2. The third-order valence-corrected chi connectivity index (χ3v) is 6.13. The molecule has 0 aliphatic heterocycles. The van der Waals surface area contributed by atoms with Crippen molar-refractivity contribution < 1.29 is 9.59 Å². The molecule has 29 heavy (non-hydrogen) atoms. The minimum absolute atomic E-state index is 0.0394. The van der Waals surface area contributed by atoms with E-state index in [0.29, 0.717) is 17.9 Å². The van der Waals surface area contributed by atoms with Crippen molar-refractivity contribution in [1.29, 1.82) is 0 Å². The Hall–Kier alpha value is -2.62. The maximum atomic E-state index is 12.7. The molecule has 2 amide bonds. The first kappa shape index (κ1) is 21.1. The Balaban J connectivity index is 1.58. The smallest absolute Gasteiger partial charge is 0.255 e. The van der Waals surface area contributed by atoms with Gasteiger partial charge in [0.15, 0.2) is 0 Å². The van der Waals surface area contributed by atoms with E-state index < -0.39 is 0 Å². The molecule has 4 heteroatoms. The van der Waals surface area contributed by atoms with Crippen molar-refractivity contribution in [2.24, 2.45) is 5.92 Å². The summed E-state index contributed by atoms with van der Waals surface area (Å²) in [7, 11) is 1.88. The van der Waals surface area contributed by atoms with Crippen LogP contribution >= 0.6 is 0 Å². The van der Waals surface area contributed by atoms with E-state index in [1.807, 2.05) is 61.3 Å². The van der Waals surface area contributed by atoms with Crippen LogP contribution in [0.4, 0.5) is 5.69 Å². The van der Waals surface area contributed by atoms with Crippen LogP contribution in [0.15, 0.2) is 54.6 Å². The second-order valence-electron chi connectivity index (χ2n) is 8.17. The van der Waals surface area contributed by atoms with Crippen molar-refractivity contribution in [2.45, 2.75) is 57.9 Å². The summed E-state index contributed by atoms with van der Waals surface area (Å²) in [5.41, 5.74) is 2.39. The van der Waals surface area contributed by atoms with Crippen molar-refractivity contribution in [2.75, 3.05) is 12.4 Å². The summed E-state index contributed by atoms with van der Waals surface area (Å²) in [5, 5.41) is 2.95. The van der Waals surface area contributed by atoms with Crippen molar-refractivity contribution in [1.82, 2.24) is 4.90 Å². The molecule has 2 aromatic carbocycles. The maximum Gasteiger partial charge on any atom is 0.255 e. The first-order valence-corrected chi connectivity index (χ1v) is 10.8. The topological polar surface area (TPSA) is 49.4 Å². The molecule has 1 saturated carbocycles. The van der Waals surface area contributed by atoms with Crippen LogP contribution in [0.25, 0.3) is 0 Å². The molecule has 2 aromatic rings. The number of carbonyl (C=O) groups is 2. The molecule has 1 N–H and O–H groups in total. The van der Waals surface area contributed by atoms with Crippen molar-refractivity contribution in [3.05, 3.63) is 65.7 Å². The molecule has 1 fully saturated rings. The van der Waals surface area contributed by atoms with Crippen LogP contribution in [0, 0.1) is 5.92 Å². The Labute approximate surface area is 174 Å². The molecule has 1 atom stereocenters. The Morgan fingerprint density at radius 1 is 1.03 bits per heavy atom. The molecular weight excluding hydrogens is 360 g/mol. The summed E-state index contributed by atoms with van der Waals surface area (Å²) in [6.45, 7) is 2.04. The molecule has 154 valence electrons. The van der Waals surface area contributed by atoms with Crippen LogP contribution in [-0.2, 0) is 4.79 Å². The van der Waals surface area contributed by atoms with E-state index >= 15 is 0 Å². The third kappa shape index (κ3) is 5.93. The standard InChI is InChI=1S/C25H32N2O2/c1-19(27(2)24(28)17-16-20-10-5-3-6-11-20)22-14-9-15-23(18-22)26-25(29)21-12-7-4-8-13-21/h4,7-9,12-15,18-20H,3,5-6,10-11,16-17H2,1-2H3,(H,26,29). The number of rotatable bonds is 7. The Morgan fingerprint density at radius 3 is 2.48 bits per heavy atom. The molecule has 3 rings (SSSR count). The summed E-state index contributed by atoms with van der Waals surface area (Å²) in [4.78, 5) is 26.9. The van der Waals surface area contributed by atoms with E-state index in [-0.39, 0.29) is 17.9 Å². The summed E-state index contributed by atoms with van der Waals surface area (Å²) >= 11 is 0. The Morgan fingerprint density at radius 2 is 1.76 bits per heavy atom. The van der Waals surface area contributed by atoms with Gasteiger partial charge in [-0.2, -0.15) is 0 Å². The first-order valence-electron chi connectivity index (χ1n) is 10.8. The monoisotopic (exact) mass is 392 g/mol. The number of nitrogens with one attached hydrogen (secondary N) is 1. The van der Waals surface area contributed by atoms with Crippen molar-refractivity contribution >= 4 is 17.5 Å². The average Bonchev–Trinajstić information content (AvgIpc) is 2.78. The quantitative estimate of drug-likeness (QED) is 0.645. The number of nitrogens with zero attached hydrogens (tertiary/aromatic N) is 1. The molecule has 1 unspecified atom stereocenters. The van der Waals surface area contributed by atoms with Gasteiger partial charge in [-0.25, -0.2) is 0 Å². The largest absolute Gasteiger partial charge is 0.339 e. The second-order valence-corrected chi connectivity index (χ2v) is 8.17. The average molecular weight is 393 g/mol. The van der Waals surface area contributed by atoms with Gasteiger partial charge in [-0.15, -0.1) is 0 Å². The van der Waals surface area contributed by atoms with Crippen LogP contribution < -0.4 is 5.32 Å². The molecule has 0 radical (unpaired) electrons. The van der Waals surface area contributed by atoms with Crippen LogP contribution in [0.5, 0.6) is 0 Å². The zero-order chi connectivity index (χ0) is 20.6. The van der Waals surface area contributed by atoms with Gasteiger partial charge in [0, 0.05) is 24.7 Å². The van der Waals surface area contributed by atoms with Gasteiger partial charge in [-0.05, 0) is 49.1 Å². The van der Waals surface area contributed by atoms with E-state index in [2.05, 4.69) is 5.32 Å². The van der Waals surface area contributed by atoms with Gasteiger partial charge in [-0.1, -0.05) is 62.4 Å². The summed E-state index contributed by atoms with van der Waals surface area (Å²) < 4.78 is 0. The van der Waals surface area contributed by atoms with E-state index in [1.165, 1.54) is 32.1 Å². The molecule has 1 aliphatic rings. The van der Waals surface area contributed by atoms with Gasteiger partial charge in [0.2, 0.25) is 5.91 Å². The Bertz CT molecular complexity index is 813. The molecule has 0 spiro atoms. The highest BCUT2D eigenvalue weighted by molar-refractivity contribution is 6.04. The fourth-order valence-corrected chi connectivity index (χ4v) is 4.09. The highest BCUT2D eigenvalue weighted by Crippen LogP contribution is 2.28. The SMILES string of the molecule is CC(c1cccc(NC(=O)c2ccccc2)c1)N(C)C(=O)CCC1CCCCC1. The van der Waals surface area contributed by atoms with Gasteiger partial charge in [0.1, 0.15) is 0 Å². The number of amides is 2. The predicted octanol–water partition coefficient (Wildman–Crippen LogP) is 5.82. The molecule has 1 aliphatic carbocycles. The first-order chi connectivity index (χ1) is 14.0. The summed E-state index contributed by atoms with van der Waals surface area (Å²) in [6.07, 6.45) is 8.14. The normalized spacial score (nSPS) is 15.5. The Kier molecular flexibility index (Phi) is 7.45. The van der Waals surface area contributed by atoms with Gasteiger partial charge < -0.3 is 10.2 Å². The van der Waals surface area contributed by atoms with E-state index in [1.54, 1.807) is 12.1 Å². The summed E-state index contributed by atoms with van der Waals surface area (Å²) in [5.74, 6) is 0.780. The minimum Gasteiger partial charge on any atom is -0.339 e. The van der Waals surface area contributed by atoms with E-state index in [4.69, 9.17) is 0 Å². The molecule has 0 heterocycles. The van der Waals surface area contributed by atoms with Crippen LogP contribution in [0.3, 0.4) is 0 Å². The maximum absolute atomic E-state index is 12.7. The number of carbonyl (C=O) groups excluding carboxylic acids is 2. The predicted molar refractivity (Wildman–Crippen MR) is 118 cm³/mol. The fraction of sp³-hybridized carbons (Fsp3) is 0.440. The van der Waals surface area contributed by atoms with Crippen LogP contribution in [0.1, 0.15) is 73.8 Å². The van der Waals surface area contributed by atoms with E-state index in [0.717, 1.165) is 17.7 Å². The van der Waals surface area contributed by atoms with Gasteiger partial charge in [-0.3, -0.25) is 9.59 Å². The van der Waals surface area contributed by atoms with E-state index in [9.17, 15) is 9.59 Å². The summed E-state index contributed by atoms with van der Waals surface area (Å²) in [6, 6.07) is 16.9. The van der Waals surface area contributed by atoms with Crippen molar-refractivity contribution in [3.8, 4) is 0 Å². The third-order valence-electron chi connectivity index (χ3n) is 6.13. The molecule has 4 nitrogen and oxygen atoms in total. The lowest BCUT2D eigenvalue weighted by Gasteiger charge is -2.27.